The van der Waals surface area contributed by atoms with Gasteiger partial charge in [0.05, 0.1) is 18.8 Å². The SMILES string of the molecule is CCOC(=O)C(=O)C=C(O)c1ccccc1OCC. The van der Waals surface area contributed by atoms with Crippen molar-refractivity contribution in [3.05, 3.63) is 35.9 Å². The number of benzene rings is 1. The third kappa shape index (κ3) is 4.13. The lowest BCUT2D eigenvalue weighted by Crippen LogP contribution is -2.15. The van der Waals surface area contributed by atoms with Gasteiger partial charge in [0, 0.05) is 6.08 Å². The average Bonchev–Trinajstić information content (AvgIpc) is 2.39. The second kappa shape index (κ2) is 7.20. The van der Waals surface area contributed by atoms with E-state index in [0.717, 1.165) is 6.08 Å². The number of carbonyl (C=O) groups is 2. The van der Waals surface area contributed by atoms with Gasteiger partial charge in [-0.1, -0.05) is 12.1 Å². The van der Waals surface area contributed by atoms with Gasteiger partial charge < -0.3 is 14.6 Å². The Bertz CT molecular complexity index is 490. The zero-order chi connectivity index (χ0) is 14.3. The average molecular weight is 264 g/mol. The van der Waals surface area contributed by atoms with Crippen molar-refractivity contribution in [3.63, 3.8) is 0 Å². The van der Waals surface area contributed by atoms with Crippen LogP contribution in [0.5, 0.6) is 5.75 Å². The Hall–Kier alpha value is -2.30. The molecule has 0 aliphatic carbocycles. The predicted octanol–water partition coefficient (Wildman–Crippen LogP) is 2.12. The van der Waals surface area contributed by atoms with Gasteiger partial charge in [-0.15, -0.1) is 0 Å². The van der Waals surface area contributed by atoms with E-state index in [1.807, 2.05) is 0 Å². The van der Waals surface area contributed by atoms with E-state index in [1.54, 1.807) is 38.1 Å². The van der Waals surface area contributed by atoms with Crippen molar-refractivity contribution in [1.82, 2.24) is 0 Å². The molecular formula is C14H16O5. The fraction of sp³-hybridized carbons (Fsp3) is 0.286. The van der Waals surface area contributed by atoms with Crippen LogP contribution in [0.1, 0.15) is 19.4 Å². The van der Waals surface area contributed by atoms with Crippen LogP contribution in [0.2, 0.25) is 0 Å². The first-order valence-electron chi connectivity index (χ1n) is 5.94. The van der Waals surface area contributed by atoms with Crippen LogP contribution < -0.4 is 4.74 Å². The van der Waals surface area contributed by atoms with E-state index in [-0.39, 0.29) is 12.4 Å². The largest absolute Gasteiger partial charge is 0.507 e. The van der Waals surface area contributed by atoms with Crippen molar-refractivity contribution in [3.8, 4) is 5.75 Å². The number of aliphatic hydroxyl groups excluding tert-OH is 1. The highest BCUT2D eigenvalue weighted by molar-refractivity contribution is 6.39. The summed E-state index contributed by atoms with van der Waals surface area (Å²) in [5, 5.41) is 9.87. The molecule has 5 heteroatoms. The van der Waals surface area contributed by atoms with Gasteiger partial charge in [-0.2, -0.15) is 0 Å². The van der Waals surface area contributed by atoms with Crippen LogP contribution in [0.25, 0.3) is 5.76 Å². The number of esters is 1. The third-order valence-corrected chi connectivity index (χ3v) is 2.21. The minimum atomic E-state index is -0.997. The van der Waals surface area contributed by atoms with E-state index < -0.39 is 11.8 Å². The van der Waals surface area contributed by atoms with Gasteiger partial charge in [0.25, 0.3) is 5.78 Å². The van der Waals surface area contributed by atoms with Crippen LogP contribution in [-0.2, 0) is 14.3 Å². The molecule has 1 aromatic rings. The van der Waals surface area contributed by atoms with Gasteiger partial charge in [0.15, 0.2) is 0 Å². The Morgan fingerprint density at radius 2 is 1.89 bits per heavy atom. The maximum Gasteiger partial charge on any atom is 0.379 e. The number of hydrogen-bond donors (Lipinski definition) is 1. The van der Waals surface area contributed by atoms with E-state index in [0.29, 0.717) is 17.9 Å². The van der Waals surface area contributed by atoms with E-state index >= 15 is 0 Å². The van der Waals surface area contributed by atoms with Crippen LogP contribution in [0.15, 0.2) is 30.3 Å². The highest BCUT2D eigenvalue weighted by atomic mass is 16.5. The molecule has 1 rings (SSSR count). The summed E-state index contributed by atoms with van der Waals surface area (Å²) < 4.78 is 9.86. The van der Waals surface area contributed by atoms with Crippen molar-refractivity contribution < 1.29 is 24.2 Å². The number of aliphatic hydroxyl groups is 1. The van der Waals surface area contributed by atoms with Crippen molar-refractivity contribution in [2.24, 2.45) is 0 Å². The van der Waals surface area contributed by atoms with Crippen LogP contribution in [0, 0.1) is 0 Å². The highest BCUT2D eigenvalue weighted by Gasteiger charge is 2.15. The molecule has 0 spiro atoms. The van der Waals surface area contributed by atoms with E-state index in [9.17, 15) is 14.7 Å². The molecule has 0 amide bonds. The van der Waals surface area contributed by atoms with Gasteiger partial charge in [0.1, 0.15) is 11.5 Å². The molecule has 0 unspecified atom stereocenters. The maximum absolute atomic E-state index is 11.4. The molecular weight excluding hydrogens is 248 g/mol. The predicted molar refractivity (Wildman–Crippen MR) is 69.9 cm³/mol. The van der Waals surface area contributed by atoms with Gasteiger partial charge in [-0.25, -0.2) is 4.79 Å². The van der Waals surface area contributed by atoms with Crippen molar-refractivity contribution in [2.45, 2.75) is 13.8 Å². The van der Waals surface area contributed by atoms with Gasteiger partial charge in [0.2, 0.25) is 0 Å². The maximum atomic E-state index is 11.4. The van der Waals surface area contributed by atoms with Crippen LogP contribution >= 0.6 is 0 Å². The smallest absolute Gasteiger partial charge is 0.379 e. The Morgan fingerprint density at radius 1 is 1.21 bits per heavy atom. The monoisotopic (exact) mass is 264 g/mol. The lowest BCUT2D eigenvalue weighted by atomic mass is 10.1. The number of para-hydroxylation sites is 1. The van der Waals surface area contributed by atoms with Crippen molar-refractivity contribution >= 4 is 17.5 Å². The summed E-state index contributed by atoms with van der Waals surface area (Å²) >= 11 is 0. The van der Waals surface area contributed by atoms with E-state index in [2.05, 4.69) is 4.74 Å². The first-order chi connectivity index (χ1) is 9.10. The molecule has 0 aliphatic rings. The molecule has 1 N–H and O–H groups in total. The second-order valence-electron chi connectivity index (χ2n) is 3.54. The molecule has 102 valence electrons. The molecule has 0 aromatic heterocycles. The molecule has 0 bridgehead atoms. The van der Waals surface area contributed by atoms with Gasteiger partial charge in [-0.3, -0.25) is 4.79 Å². The number of hydrogen-bond acceptors (Lipinski definition) is 5. The van der Waals surface area contributed by atoms with Crippen LogP contribution in [-0.4, -0.2) is 30.1 Å². The molecule has 0 saturated carbocycles. The lowest BCUT2D eigenvalue weighted by Gasteiger charge is -2.08. The number of ether oxygens (including phenoxy) is 2. The lowest BCUT2D eigenvalue weighted by molar-refractivity contribution is -0.151. The summed E-state index contributed by atoms with van der Waals surface area (Å²) in [7, 11) is 0. The van der Waals surface area contributed by atoms with Gasteiger partial charge in [-0.05, 0) is 26.0 Å². The van der Waals surface area contributed by atoms with Crippen LogP contribution in [0.4, 0.5) is 0 Å². The van der Waals surface area contributed by atoms with E-state index in [4.69, 9.17) is 4.74 Å². The van der Waals surface area contributed by atoms with Gasteiger partial charge >= 0.3 is 5.97 Å². The third-order valence-electron chi connectivity index (χ3n) is 2.21. The Kier molecular flexibility index (Phi) is 5.60. The Morgan fingerprint density at radius 3 is 2.53 bits per heavy atom. The fourth-order valence-corrected chi connectivity index (χ4v) is 1.42. The van der Waals surface area contributed by atoms with E-state index in [1.165, 1.54) is 0 Å². The number of ketones is 1. The second-order valence-corrected chi connectivity index (χ2v) is 3.54. The highest BCUT2D eigenvalue weighted by Crippen LogP contribution is 2.24. The molecule has 5 nitrogen and oxygen atoms in total. The summed E-state index contributed by atoms with van der Waals surface area (Å²) in [6.45, 7) is 3.94. The Labute approximate surface area is 111 Å². The van der Waals surface area contributed by atoms with Crippen molar-refractivity contribution in [2.75, 3.05) is 13.2 Å². The zero-order valence-corrected chi connectivity index (χ0v) is 10.9. The molecule has 0 radical (unpaired) electrons. The molecule has 0 aliphatic heterocycles. The molecule has 0 fully saturated rings. The summed E-state index contributed by atoms with van der Waals surface area (Å²) in [6, 6.07) is 6.69. The molecule has 0 atom stereocenters. The topological polar surface area (TPSA) is 72.8 Å². The summed E-state index contributed by atoms with van der Waals surface area (Å²) in [4.78, 5) is 22.6. The standard InChI is InChI=1S/C14H16O5/c1-3-18-13-8-6-5-7-10(13)11(15)9-12(16)14(17)19-4-2/h5-9,15H,3-4H2,1-2H3. The normalized spacial score (nSPS) is 10.9. The van der Waals surface area contributed by atoms with Crippen molar-refractivity contribution in [1.29, 1.82) is 0 Å². The van der Waals surface area contributed by atoms with Crippen LogP contribution in [0.3, 0.4) is 0 Å². The summed E-state index contributed by atoms with van der Waals surface area (Å²) in [5.74, 6) is -1.80. The minimum absolute atomic E-state index is 0.106. The quantitative estimate of drug-likeness (QED) is 0.369. The first-order valence-corrected chi connectivity index (χ1v) is 5.94. The Balaban J connectivity index is 2.96. The molecule has 0 saturated heterocycles. The summed E-state index contributed by atoms with van der Waals surface area (Å²) in [6.07, 6.45) is 0.829. The first kappa shape index (κ1) is 14.8. The molecule has 19 heavy (non-hydrogen) atoms. The number of carbonyl (C=O) groups excluding carboxylic acids is 2. The molecule has 0 heterocycles. The number of rotatable bonds is 6. The fourth-order valence-electron chi connectivity index (χ4n) is 1.42. The zero-order valence-electron chi connectivity index (χ0n) is 10.9. The minimum Gasteiger partial charge on any atom is -0.507 e. The summed E-state index contributed by atoms with van der Waals surface area (Å²) in [5.41, 5.74) is 0.349. The molecule has 1 aromatic carbocycles.